The van der Waals surface area contributed by atoms with Gasteiger partial charge in [0.05, 0.1) is 17.4 Å². The third kappa shape index (κ3) is 3.60. The number of rotatable bonds is 3. The quantitative estimate of drug-likeness (QED) is 0.522. The van der Waals surface area contributed by atoms with Crippen LogP contribution in [-0.2, 0) is 4.79 Å². The van der Waals surface area contributed by atoms with Gasteiger partial charge in [0.2, 0.25) is 0 Å². The highest BCUT2D eigenvalue weighted by Crippen LogP contribution is 2.45. The summed E-state index contributed by atoms with van der Waals surface area (Å²) in [7, 11) is 4.05. The van der Waals surface area contributed by atoms with Gasteiger partial charge < -0.3 is 20.6 Å². The van der Waals surface area contributed by atoms with Gasteiger partial charge in [-0.2, -0.15) is 0 Å². The number of para-hydroxylation sites is 3. The maximum atomic E-state index is 13.6. The zero-order valence-corrected chi connectivity index (χ0v) is 18.3. The van der Waals surface area contributed by atoms with Crippen LogP contribution in [0.4, 0.5) is 17.1 Å². The average Bonchev–Trinajstić information content (AvgIpc) is 2.96. The number of hydrogen-bond donors (Lipinski definition) is 3. The number of benzene rings is 3. The fourth-order valence-electron chi connectivity index (χ4n) is 4.74. The molecule has 0 saturated heterocycles. The molecular weight excluding hydrogens is 398 g/mol. The van der Waals surface area contributed by atoms with E-state index in [1.54, 1.807) is 12.1 Å². The lowest BCUT2D eigenvalue weighted by atomic mass is 9.78. The molecule has 3 aromatic carbocycles. The Bertz CT molecular complexity index is 1200. The molecule has 0 fully saturated rings. The zero-order chi connectivity index (χ0) is 22.2. The van der Waals surface area contributed by atoms with E-state index in [9.17, 15) is 9.90 Å². The number of phenols is 1. The first-order valence-corrected chi connectivity index (χ1v) is 11.0. The summed E-state index contributed by atoms with van der Waals surface area (Å²) in [5.74, 6) is 0.402. The molecular formula is C27H27N3O2. The van der Waals surface area contributed by atoms with E-state index in [1.807, 2.05) is 50.5 Å². The number of Topliss-reactive ketones (excluding diaryl/α,β-unsaturated/α-hetero) is 1. The van der Waals surface area contributed by atoms with E-state index in [4.69, 9.17) is 0 Å². The Morgan fingerprint density at radius 3 is 2.28 bits per heavy atom. The summed E-state index contributed by atoms with van der Waals surface area (Å²) in [5.41, 5.74) is 6.50. The number of carbonyl (C=O) groups excluding carboxylic acids is 1. The largest absolute Gasteiger partial charge is 0.508 e. The van der Waals surface area contributed by atoms with Gasteiger partial charge in [-0.05, 0) is 48.2 Å². The summed E-state index contributed by atoms with van der Waals surface area (Å²) in [6.45, 7) is 0. The summed E-state index contributed by atoms with van der Waals surface area (Å²) in [5, 5.41) is 17.6. The van der Waals surface area contributed by atoms with Crippen molar-refractivity contribution in [2.45, 2.75) is 24.8 Å². The fourth-order valence-corrected chi connectivity index (χ4v) is 4.74. The molecule has 0 saturated carbocycles. The lowest BCUT2D eigenvalue weighted by Gasteiger charge is -2.30. The minimum absolute atomic E-state index is 0.106. The molecule has 0 spiro atoms. The number of phenolic OH excluding ortho intramolecular Hbond substituents is 1. The van der Waals surface area contributed by atoms with Gasteiger partial charge in [0.15, 0.2) is 5.78 Å². The van der Waals surface area contributed by atoms with Crippen LogP contribution in [0.2, 0.25) is 0 Å². The standard InChI is InChI=1S/C27H27N3O2/c1-30(2)19-13-11-17(12-14-19)18-15-23-26(25(32)16-18)27(20-7-3-6-10-24(20)31)29-22-9-5-4-8-21(22)28-23/h3-14,18,27-29,31H,15-16H2,1-2H3. The average molecular weight is 426 g/mol. The summed E-state index contributed by atoms with van der Waals surface area (Å²) in [6, 6.07) is 23.3. The van der Waals surface area contributed by atoms with E-state index in [0.29, 0.717) is 17.6 Å². The Balaban J connectivity index is 1.57. The molecule has 1 aliphatic carbocycles. The highest BCUT2D eigenvalue weighted by atomic mass is 16.3. The summed E-state index contributed by atoms with van der Waals surface area (Å²) >= 11 is 0. The first-order chi connectivity index (χ1) is 15.5. The first-order valence-electron chi connectivity index (χ1n) is 11.0. The molecule has 5 heteroatoms. The van der Waals surface area contributed by atoms with Gasteiger partial charge in [-0.1, -0.05) is 42.5 Å². The lowest BCUT2D eigenvalue weighted by molar-refractivity contribution is -0.116. The molecule has 0 bridgehead atoms. The van der Waals surface area contributed by atoms with Crippen LogP contribution < -0.4 is 15.5 Å². The molecule has 0 aromatic heterocycles. The molecule has 2 aliphatic rings. The normalized spacial score (nSPS) is 19.9. The van der Waals surface area contributed by atoms with Crippen molar-refractivity contribution in [2.24, 2.45) is 0 Å². The van der Waals surface area contributed by atoms with Crippen molar-refractivity contribution in [3.05, 3.63) is 95.2 Å². The molecule has 1 aliphatic heterocycles. The predicted octanol–water partition coefficient (Wildman–Crippen LogP) is 5.44. The third-order valence-corrected chi connectivity index (χ3v) is 6.44. The fraction of sp³-hybridized carbons (Fsp3) is 0.222. The molecule has 3 aromatic rings. The van der Waals surface area contributed by atoms with Gasteiger partial charge in [-0.15, -0.1) is 0 Å². The topological polar surface area (TPSA) is 64.6 Å². The highest BCUT2D eigenvalue weighted by Gasteiger charge is 2.36. The first kappa shape index (κ1) is 20.2. The third-order valence-electron chi connectivity index (χ3n) is 6.44. The maximum Gasteiger partial charge on any atom is 0.163 e. The van der Waals surface area contributed by atoms with Crippen LogP contribution in [0.15, 0.2) is 84.1 Å². The monoisotopic (exact) mass is 425 g/mol. The predicted molar refractivity (Wildman–Crippen MR) is 129 cm³/mol. The Kier molecular flexibility index (Phi) is 5.10. The summed E-state index contributed by atoms with van der Waals surface area (Å²) in [4.78, 5) is 15.6. The number of nitrogens with zero attached hydrogens (tertiary/aromatic N) is 1. The van der Waals surface area contributed by atoms with E-state index in [1.165, 1.54) is 5.56 Å². The van der Waals surface area contributed by atoms with Crippen molar-refractivity contribution < 1.29 is 9.90 Å². The van der Waals surface area contributed by atoms with Crippen LogP contribution in [0, 0.1) is 0 Å². The molecule has 2 atom stereocenters. The number of hydrogen-bond acceptors (Lipinski definition) is 5. The van der Waals surface area contributed by atoms with Crippen LogP contribution in [0.3, 0.4) is 0 Å². The Hall–Kier alpha value is -3.73. The second kappa shape index (κ2) is 8.08. The minimum atomic E-state index is -0.410. The van der Waals surface area contributed by atoms with E-state index in [-0.39, 0.29) is 17.5 Å². The number of anilines is 3. The van der Waals surface area contributed by atoms with Gasteiger partial charge in [0.25, 0.3) is 0 Å². The van der Waals surface area contributed by atoms with E-state index >= 15 is 0 Å². The molecule has 5 rings (SSSR count). The zero-order valence-electron chi connectivity index (χ0n) is 18.3. The van der Waals surface area contributed by atoms with Crippen molar-refractivity contribution in [2.75, 3.05) is 29.6 Å². The minimum Gasteiger partial charge on any atom is -0.508 e. The van der Waals surface area contributed by atoms with Gasteiger partial charge >= 0.3 is 0 Å². The van der Waals surface area contributed by atoms with Crippen molar-refractivity contribution in [3.8, 4) is 5.75 Å². The molecule has 0 radical (unpaired) electrons. The van der Waals surface area contributed by atoms with Crippen LogP contribution >= 0.6 is 0 Å². The Labute approximate surface area is 188 Å². The second-order valence-electron chi connectivity index (χ2n) is 8.71. The van der Waals surface area contributed by atoms with Gasteiger partial charge in [0, 0.05) is 43.0 Å². The van der Waals surface area contributed by atoms with Crippen molar-refractivity contribution in [3.63, 3.8) is 0 Å². The SMILES string of the molecule is CN(C)c1ccc(C2CC(=O)C3=C(C2)Nc2ccccc2NC3c2ccccc2O)cc1. The molecule has 2 unspecified atom stereocenters. The molecule has 3 N–H and O–H groups in total. The number of nitrogens with one attached hydrogen (secondary N) is 2. The number of aromatic hydroxyl groups is 1. The smallest absolute Gasteiger partial charge is 0.163 e. The van der Waals surface area contributed by atoms with E-state index in [0.717, 1.165) is 29.2 Å². The molecule has 0 amide bonds. The van der Waals surface area contributed by atoms with Crippen LogP contribution in [0.5, 0.6) is 5.75 Å². The van der Waals surface area contributed by atoms with Crippen molar-refractivity contribution >= 4 is 22.8 Å². The van der Waals surface area contributed by atoms with Crippen LogP contribution in [0.1, 0.15) is 35.9 Å². The van der Waals surface area contributed by atoms with Crippen molar-refractivity contribution in [1.29, 1.82) is 0 Å². The van der Waals surface area contributed by atoms with Gasteiger partial charge in [-0.25, -0.2) is 0 Å². The molecule has 1 heterocycles. The maximum absolute atomic E-state index is 13.6. The van der Waals surface area contributed by atoms with Gasteiger partial charge in [-0.3, -0.25) is 4.79 Å². The Morgan fingerprint density at radius 1 is 0.875 bits per heavy atom. The summed E-state index contributed by atoms with van der Waals surface area (Å²) < 4.78 is 0. The van der Waals surface area contributed by atoms with E-state index < -0.39 is 6.04 Å². The Morgan fingerprint density at radius 2 is 1.56 bits per heavy atom. The number of allylic oxidation sites excluding steroid dienone is 1. The molecule has 162 valence electrons. The second-order valence-corrected chi connectivity index (χ2v) is 8.71. The number of fused-ring (bicyclic) bond motifs is 1. The van der Waals surface area contributed by atoms with Crippen LogP contribution in [-0.4, -0.2) is 25.0 Å². The number of ketones is 1. The van der Waals surface area contributed by atoms with Gasteiger partial charge in [0.1, 0.15) is 5.75 Å². The summed E-state index contributed by atoms with van der Waals surface area (Å²) in [6.07, 6.45) is 1.19. The van der Waals surface area contributed by atoms with Crippen LogP contribution in [0.25, 0.3) is 0 Å². The number of carbonyl (C=O) groups is 1. The molecule has 32 heavy (non-hydrogen) atoms. The van der Waals surface area contributed by atoms with E-state index in [2.05, 4.69) is 39.8 Å². The lowest BCUT2D eigenvalue weighted by Crippen LogP contribution is -2.27. The molecule has 5 nitrogen and oxygen atoms in total. The van der Waals surface area contributed by atoms with Crippen molar-refractivity contribution in [1.82, 2.24) is 0 Å². The highest BCUT2D eigenvalue weighted by molar-refractivity contribution is 6.01.